The van der Waals surface area contributed by atoms with E-state index in [1.54, 1.807) is 11.9 Å². The normalized spacial score (nSPS) is 10.6. The zero-order valence-electron chi connectivity index (χ0n) is 11.4. The van der Waals surface area contributed by atoms with Gasteiger partial charge in [0.1, 0.15) is 0 Å². The molecule has 0 fully saturated rings. The first kappa shape index (κ1) is 13.8. The van der Waals surface area contributed by atoms with Crippen LogP contribution >= 0.6 is 15.9 Å². The van der Waals surface area contributed by atoms with E-state index in [1.807, 2.05) is 45.0 Å². The molecule has 0 aliphatic carbocycles. The van der Waals surface area contributed by atoms with Crippen LogP contribution in [-0.2, 0) is 0 Å². The van der Waals surface area contributed by atoms with Crippen LogP contribution in [0.1, 0.15) is 17.0 Å². The van der Waals surface area contributed by atoms with Gasteiger partial charge in [-0.3, -0.25) is 4.90 Å². The first-order valence-electron chi connectivity index (χ1n) is 5.98. The van der Waals surface area contributed by atoms with E-state index in [0.717, 1.165) is 21.5 Å². The van der Waals surface area contributed by atoms with Crippen molar-refractivity contribution in [1.29, 1.82) is 0 Å². The average molecular weight is 322 g/mol. The summed E-state index contributed by atoms with van der Waals surface area (Å²) in [5.41, 5.74) is 3.63. The monoisotopic (exact) mass is 321 g/mol. The van der Waals surface area contributed by atoms with E-state index < -0.39 is 0 Å². The molecule has 0 aliphatic heterocycles. The van der Waals surface area contributed by atoms with E-state index in [0.29, 0.717) is 0 Å². The molecule has 100 valence electrons. The van der Waals surface area contributed by atoms with Crippen LogP contribution in [0, 0.1) is 20.8 Å². The van der Waals surface area contributed by atoms with Crippen molar-refractivity contribution in [3.05, 3.63) is 45.7 Å². The minimum atomic E-state index is -0.171. The number of hydrogen-bond donors (Lipinski definition) is 0. The van der Waals surface area contributed by atoms with Crippen molar-refractivity contribution >= 4 is 27.6 Å². The molecular weight excluding hydrogens is 306 g/mol. The molecule has 1 amide bonds. The zero-order valence-corrected chi connectivity index (χ0v) is 13.0. The Labute approximate surface area is 121 Å². The molecule has 0 aliphatic rings. The third-order valence-corrected chi connectivity index (χ3v) is 4.24. The van der Waals surface area contributed by atoms with Crippen molar-refractivity contribution in [2.45, 2.75) is 20.8 Å². The van der Waals surface area contributed by atoms with Gasteiger partial charge in [-0.2, -0.15) is 9.78 Å². The lowest BCUT2D eigenvalue weighted by atomic mass is 10.2. The molecule has 19 heavy (non-hydrogen) atoms. The lowest BCUT2D eigenvalue weighted by Gasteiger charge is -2.17. The molecule has 0 saturated carbocycles. The highest BCUT2D eigenvalue weighted by Gasteiger charge is 2.19. The van der Waals surface area contributed by atoms with E-state index in [-0.39, 0.29) is 6.03 Å². The number of anilines is 1. The summed E-state index contributed by atoms with van der Waals surface area (Å²) in [5, 5.41) is 4.25. The minimum Gasteiger partial charge on any atom is -0.296 e. The van der Waals surface area contributed by atoms with Crippen LogP contribution in [0.5, 0.6) is 0 Å². The van der Waals surface area contributed by atoms with Gasteiger partial charge in [0.05, 0.1) is 15.9 Å². The van der Waals surface area contributed by atoms with Crippen LogP contribution in [-0.4, -0.2) is 22.9 Å². The summed E-state index contributed by atoms with van der Waals surface area (Å²) in [6.07, 6.45) is 0. The Balaban J connectivity index is 2.33. The van der Waals surface area contributed by atoms with Crippen molar-refractivity contribution < 1.29 is 4.79 Å². The van der Waals surface area contributed by atoms with E-state index in [9.17, 15) is 4.79 Å². The van der Waals surface area contributed by atoms with Crippen LogP contribution in [0.3, 0.4) is 0 Å². The Morgan fingerprint density at radius 2 is 1.79 bits per heavy atom. The maximum absolute atomic E-state index is 12.4. The van der Waals surface area contributed by atoms with Crippen molar-refractivity contribution in [1.82, 2.24) is 9.78 Å². The SMILES string of the molecule is Cc1ccc(N(C)C(=O)n2nc(C)c(Br)c2C)cc1. The fourth-order valence-electron chi connectivity index (χ4n) is 1.83. The largest absolute Gasteiger partial charge is 0.349 e. The van der Waals surface area contributed by atoms with Gasteiger partial charge in [-0.25, -0.2) is 4.79 Å². The fraction of sp³-hybridized carbons (Fsp3) is 0.286. The van der Waals surface area contributed by atoms with Gasteiger partial charge in [0, 0.05) is 12.7 Å². The number of rotatable bonds is 1. The van der Waals surface area contributed by atoms with E-state index in [2.05, 4.69) is 21.0 Å². The number of benzene rings is 1. The highest BCUT2D eigenvalue weighted by molar-refractivity contribution is 9.10. The summed E-state index contributed by atoms with van der Waals surface area (Å²) < 4.78 is 2.29. The topological polar surface area (TPSA) is 38.1 Å². The molecule has 0 spiro atoms. The number of amides is 1. The Bertz CT molecular complexity index is 616. The van der Waals surface area contributed by atoms with Crippen molar-refractivity contribution in [3.8, 4) is 0 Å². The molecule has 4 nitrogen and oxygen atoms in total. The molecule has 1 aromatic carbocycles. The van der Waals surface area contributed by atoms with E-state index >= 15 is 0 Å². The van der Waals surface area contributed by atoms with Gasteiger partial charge < -0.3 is 0 Å². The quantitative estimate of drug-likeness (QED) is 0.803. The van der Waals surface area contributed by atoms with Crippen molar-refractivity contribution in [2.24, 2.45) is 0 Å². The van der Waals surface area contributed by atoms with E-state index in [1.165, 1.54) is 10.2 Å². The van der Waals surface area contributed by atoms with Gasteiger partial charge in [-0.1, -0.05) is 17.7 Å². The fourth-order valence-corrected chi connectivity index (χ4v) is 2.08. The smallest absolute Gasteiger partial charge is 0.296 e. The first-order valence-corrected chi connectivity index (χ1v) is 6.77. The second kappa shape index (κ2) is 5.17. The number of aryl methyl sites for hydroxylation is 2. The molecule has 1 aromatic heterocycles. The van der Waals surface area contributed by atoms with Crippen molar-refractivity contribution in [3.63, 3.8) is 0 Å². The number of hydrogen-bond acceptors (Lipinski definition) is 2. The molecule has 0 bridgehead atoms. The molecule has 0 saturated heterocycles. The van der Waals surface area contributed by atoms with Gasteiger partial charge in [-0.15, -0.1) is 0 Å². The molecule has 0 radical (unpaired) electrons. The lowest BCUT2D eigenvalue weighted by molar-refractivity contribution is 0.245. The summed E-state index contributed by atoms with van der Waals surface area (Å²) >= 11 is 3.43. The molecular formula is C14H16BrN3O. The Morgan fingerprint density at radius 1 is 1.21 bits per heavy atom. The third kappa shape index (κ3) is 2.56. The summed E-state index contributed by atoms with van der Waals surface area (Å²) in [6, 6.07) is 7.64. The van der Waals surface area contributed by atoms with Crippen LogP contribution in [0.15, 0.2) is 28.7 Å². The first-order chi connectivity index (χ1) is 8.91. The van der Waals surface area contributed by atoms with Crippen LogP contribution in [0.25, 0.3) is 0 Å². The van der Waals surface area contributed by atoms with Crippen LogP contribution in [0.4, 0.5) is 10.5 Å². The molecule has 5 heteroatoms. The van der Waals surface area contributed by atoms with Gasteiger partial charge in [0.25, 0.3) is 0 Å². The van der Waals surface area contributed by atoms with Crippen LogP contribution in [0.2, 0.25) is 0 Å². The maximum Gasteiger partial charge on any atom is 0.349 e. The Morgan fingerprint density at radius 3 is 2.26 bits per heavy atom. The van der Waals surface area contributed by atoms with Gasteiger partial charge in [-0.05, 0) is 48.8 Å². The Kier molecular flexibility index (Phi) is 3.75. The number of carbonyl (C=O) groups excluding carboxylic acids is 1. The lowest BCUT2D eigenvalue weighted by Crippen LogP contribution is -2.32. The molecule has 2 rings (SSSR count). The summed E-state index contributed by atoms with van der Waals surface area (Å²) in [4.78, 5) is 14.0. The second-order valence-electron chi connectivity index (χ2n) is 4.57. The molecule has 1 heterocycles. The van der Waals surface area contributed by atoms with Gasteiger partial charge in [0.15, 0.2) is 0 Å². The summed E-state index contributed by atoms with van der Waals surface area (Å²) in [7, 11) is 1.75. The highest BCUT2D eigenvalue weighted by atomic mass is 79.9. The van der Waals surface area contributed by atoms with E-state index in [4.69, 9.17) is 0 Å². The number of halogens is 1. The predicted molar refractivity (Wildman–Crippen MR) is 79.8 cm³/mol. The minimum absolute atomic E-state index is 0.171. The summed E-state index contributed by atoms with van der Waals surface area (Å²) in [6.45, 7) is 5.75. The highest BCUT2D eigenvalue weighted by Crippen LogP contribution is 2.21. The molecule has 0 N–H and O–H groups in total. The summed E-state index contributed by atoms with van der Waals surface area (Å²) in [5.74, 6) is 0. The van der Waals surface area contributed by atoms with Crippen molar-refractivity contribution in [2.75, 3.05) is 11.9 Å². The average Bonchev–Trinajstić information content (AvgIpc) is 2.66. The number of nitrogens with zero attached hydrogens (tertiary/aromatic N) is 3. The maximum atomic E-state index is 12.4. The molecule has 2 aromatic rings. The molecule has 0 atom stereocenters. The number of aromatic nitrogens is 2. The zero-order chi connectivity index (χ0) is 14.2. The number of carbonyl (C=O) groups is 1. The second-order valence-corrected chi connectivity index (χ2v) is 5.37. The molecule has 0 unspecified atom stereocenters. The van der Waals surface area contributed by atoms with Gasteiger partial charge in [0.2, 0.25) is 0 Å². The van der Waals surface area contributed by atoms with Crippen LogP contribution < -0.4 is 4.90 Å². The predicted octanol–water partition coefficient (Wildman–Crippen LogP) is 3.68. The Hall–Kier alpha value is -1.62. The standard InChI is InChI=1S/C14H16BrN3O/c1-9-5-7-12(8-6-9)17(4)14(19)18-11(3)13(15)10(2)16-18/h5-8H,1-4H3. The third-order valence-electron chi connectivity index (χ3n) is 3.09. The van der Waals surface area contributed by atoms with Gasteiger partial charge >= 0.3 is 6.03 Å².